The Morgan fingerprint density at radius 3 is 2.38 bits per heavy atom. The molecule has 2 aliphatic heterocycles. The number of carbonyl (C=O) groups is 1. The summed E-state index contributed by atoms with van der Waals surface area (Å²) in [5.41, 5.74) is 0. The van der Waals surface area contributed by atoms with Crippen LogP contribution in [-0.4, -0.2) is 62.0 Å². The average molecular weight is 357 g/mol. The summed E-state index contributed by atoms with van der Waals surface area (Å²) in [6.45, 7) is 6.56. The summed E-state index contributed by atoms with van der Waals surface area (Å²) in [5, 5.41) is 17.5. The first kappa shape index (κ1) is 17.3. The molecule has 0 bridgehead atoms. The van der Waals surface area contributed by atoms with Gasteiger partial charge in [0.1, 0.15) is 17.7 Å². The third-order valence-corrected chi connectivity index (χ3v) is 6.68. The summed E-state index contributed by atoms with van der Waals surface area (Å²) >= 11 is 0. The van der Waals surface area contributed by atoms with Crippen LogP contribution in [0.15, 0.2) is 0 Å². The fourth-order valence-corrected chi connectivity index (χ4v) is 5.62. The van der Waals surface area contributed by atoms with Crippen molar-refractivity contribution in [3.8, 4) is 0 Å². The number of aliphatic carboxylic acids is 1. The molecule has 0 radical (unpaired) electrons. The number of hydrogen-bond donors (Lipinski definition) is 1. The molecule has 1 saturated heterocycles. The van der Waals surface area contributed by atoms with Crippen molar-refractivity contribution in [2.24, 2.45) is 11.8 Å². The smallest absolute Gasteiger partial charge is 0.323 e. The summed E-state index contributed by atoms with van der Waals surface area (Å²) in [4.78, 5) is 11.7. The lowest BCUT2D eigenvalue weighted by Crippen LogP contribution is -2.57. The minimum Gasteiger partial charge on any atom is -0.480 e. The topological polar surface area (TPSA) is 109 Å². The van der Waals surface area contributed by atoms with Gasteiger partial charge >= 0.3 is 5.97 Å². The fraction of sp³-hybridized carbons (Fsp3) is 0.786. The maximum absolute atomic E-state index is 13.1. The Balaban J connectivity index is 1.94. The van der Waals surface area contributed by atoms with Gasteiger partial charge in [-0.05, 0) is 25.2 Å². The molecular formula is C14H23N5O4S. The van der Waals surface area contributed by atoms with E-state index < -0.39 is 22.2 Å². The number of nitrogens with zero attached hydrogens (tertiary/aromatic N) is 5. The summed E-state index contributed by atoms with van der Waals surface area (Å²) in [5.74, 6) is 0.417. The quantitative estimate of drug-likeness (QED) is 0.820. The zero-order valence-electron chi connectivity index (χ0n) is 14.1. The van der Waals surface area contributed by atoms with Gasteiger partial charge in [-0.2, -0.15) is 17.0 Å². The third-order valence-electron chi connectivity index (χ3n) is 4.76. The molecule has 0 spiro atoms. The normalized spacial score (nSPS) is 29.4. The number of aryl methyl sites for hydroxylation is 1. The molecular weight excluding hydrogens is 334 g/mol. The zero-order valence-corrected chi connectivity index (χ0v) is 14.9. The van der Waals surface area contributed by atoms with Crippen LogP contribution >= 0.6 is 0 Å². The average Bonchev–Trinajstić information content (AvgIpc) is 2.86. The van der Waals surface area contributed by atoms with Crippen LogP contribution in [-0.2, 0) is 28.1 Å². The van der Waals surface area contributed by atoms with Crippen molar-refractivity contribution < 1.29 is 18.3 Å². The number of fused-ring (bicyclic) bond motifs is 1. The van der Waals surface area contributed by atoms with Crippen LogP contribution in [0.25, 0.3) is 0 Å². The van der Waals surface area contributed by atoms with E-state index in [1.807, 2.05) is 13.8 Å². The Labute approximate surface area is 141 Å². The number of piperidine rings is 1. The molecule has 0 aliphatic carbocycles. The molecule has 0 aromatic carbocycles. The van der Waals surface area contributed by atoms with E-state index in [9.17, 15) is 18.3 Å². The van der Waals surface area contributed by atoms with Crippen molar-refractivity contribution >= 4 is 16.2 Å². The molecule has 134 valence electrons. The molecule has 9 nitrogen and oxygen atoms in total. The molecule has 0 amide bonds. The highest BCUT2D eigenvalue weighted by Gasteiger charge is 2.44. The van der Waals surface area contributed by atoms with Crippen LogP contribution in [0.1, 0.15) is 31.9 Å². The third kappa shape index (κ3) is 2.93. The van der Waals surface area contributed by atoms with Gasteiger partial charge in [0.25, 0.3) is 10.2 Å². The van der Waals surface area contributed by atoms with Crippen molar-refractivity contribution in [2.75, 3.05) is 13.1 Å². The lowest BCUT2D eigenvalue weighted by Gasteiger charge is -2.40. The van der Waals surface area contributed by atoms with Crippen molar-refractivity contribution in [2.45, 2.75) is 46.3 Å². The Morgan fingerprint density at radius 2 is 1.79 bits per heavy atom. The molecule has 10 heteroatoms. The maximum Gasteiger partial charge on any atom is 0.323 e. The van der Waals surface area contributed by atoms with Crippen LogP contribution < -0.4 is 0 Å². The number of hydrogen-bond acceptors (Lipinski definition) is 5. The second-order valence-electron chi connectivity index (χ2n) is 6.94. The van der Waals surface area contributed by atoms with Crippen molar-refractivity contribution in [3.63, 3.8) is 0 Å². The maximum atomic E-state index is 13.1. The van der Waals surface area contributed by atoms with Gasteiger partial charge in [-0.15, -0.1) is 10.2 Å². The highest BCUT2D eigenvalue weighted by Crippen LogP contribution is 2.28. The van der Waals surface area contributed by atoms with Crippen LogP contribution in [0.3, 0.4) is 0 Å². The molecule has 3 heterocycles. The van der Waals surface area contributed by atoms with Gasteiger partial charge in [0.15, 0.2) is 0 Å². The van der Waals surface area contributed by atoms with Gasteiger partial charge in [-0.3, -0.25) is 4.79 Å². The van der Waals surface area contributed by atoms with E-state index in [4.69, 9.17) is 0 Å². The van der Waals surface area contributed by atoms with E-state index in [0.717, 1.165) is 10.7 Å². The number of carboxylic acids is 1. The second kappa shape index (κ2) is 6.08. The van der Waals surface area contributed by atoms with Crippen molar-refractivity contribution in [1.29, 1.82) is 0 Å². The molecule has 1 fully saturated rings. The van der Waals surface area contributed by atoms with Gasteiger partial charge in [-0.1, -0.05) is 13.8 Å². The molecule has 3 unspecified atom stereocenters. The standard InChI is InChI=1S/C14H23N5O4S/c1-9-4-10(2)6-17(5-9)24(22,23)19-8-13-16-15-11(3)18(13)7-12(19)14(20)21/h9-10,12H,4-8H2,1-3H3,(H,20,21). The minimum absolute atomic E-state index is 0.0294. The Kier molecular flexibility index (Phi) is 4.39. The predicted octanol–water partition coefficient (Wildman–Crippen LogP) is 0.0780. The van der Waals surface area contributed by atoms with Crippen LogP contribution in [0.2, 0.25) is 0 Å². The minimum atomic E-state index is -3.87. The first-order valence-corrected chi connectivity index (χ1v) is 9.48. The first-order chi connectivity index (χ1) is 11.2. The lowest BCUT2D eigenvalue weighted by molar-refractivity contribution is -0.142. The first-order valence-electron chi connectivity index (χ1n) is 8.08. The molecule has 24 heavy (non-hydrogen) atoms. The molecule has 1 N–H and O–H groups in total. The summed E-state index contributed by atoms with van der Waals surface area (Å²) in [6, 6.07) is -1.15. The van der Waals surface area contributed by atoms with Crippen molar-refractivity contribution in [3.05, 3.63) is 11.6 Å². The molecule has 1 aromatic heterocycles. The van der Waals surface area contributed by atoms with Gasteiger partial charge in [-0.25, -0.2) is 0 Å². The van der Waals surface area contributed by atoms with Gasteiger partial charge in [0.2, 0.25) is 0 Å². The number of aromatic nitrogens is 3. The Hall–Kier alpha value is -1.52. The van der Waals surface area contributed by atoms with E-state index >= 15 is 0 Å². The zero-order chi connectivity index (χ0) is 17.6. The van der Waals surface area contributed by atoms with E-state index in [-0.39, 0.29) is 24.9 Å². The highest BCUT2D eigenvalue weighted by atomic mass is 32.2. The summed E-state index contributed by atoms with van der Waals surface area (Å²) in [7, 11) is -3.87. The molecule has 2 aliphatic rings. The van der Waals surface area contributed by atoms with E-state index in [2.05, 4.69) is 10.2 Å². The molecule has 1 aromatic rings. The van der Waals surface area contributed by atoms with Gasteiger partial charge in [0.05, 0.1) is 13.1 Å². The molecule has 3 atom stereocenters. The predicted molar refractivity (Wildman–Crippen MR) is 85.2 cm³/mol. The SMILES string of the molecule is Cc1nnc2n1CC(C(=O)O)N(S(=O)(=O)N1CC(C)CC(C)C1)C2. The summed E-state index contributed by atoms with van der Waals surface area (Å²) in [6.07, 6.45) is 0.974. The van der Waals surface area contributed by atoms with Crippen LogP contribution in [0.5, 0.6) is 0 Å². The second-order valence-corrected chi connectivity index (χ2v) is 8.83. The van der Waals surface area contributed by atoms with Crippen LogP contribution in [0, 0.1) is 18.8 Å². The fourth-order valence-electron chi connectivity index (χ4n) is 3.68. The number of rotatable bonds is 3. The van der Waals surface area contributed by atoms with E-state index in [0.29, 0.717) is 24.7 Å². The largest absolute Gasteiger partial charge is 0.480 e. The Morgan fingerprint density at radius 1 is 1.17 bits per heavy atom. The Bertz CT molecular complexity index is 736. The van der Waals surface area contributed by atoms with Crippen LogP contribution in [0.4, 0.5) is 0 Å². The van der Waals surface area contributed by atoms with E-state index in [1.54, 1.807) is 11.5 Å². The monoisotopic (exact) mass is 357 g/mol. The van der Waals surface area contributed by atoms with Crippen molar-refractivity contribution in [1.82, 2.24) is 23.4 Å². The molecule has 0 saturated carbocycles. The molecule has 3 rings (SSSR count). The van der Waals surface area contributed by atoms with Gasteiger partial charge in [0, 0.05) is 13.1 Å². The highest BCUT2D eigenvalue weighted by molar-refractivity contribution is 7.86. The van der Waals surface area contributed by atoms with E-state index in [1.165, 1.54) is 4.31 Å². The van der Waals surface area contributed by atoms with Gasteiger partial charge < -0.3 is 9.67 Å². The summed E-state index contributed by atoms with van der Waals surface area (Å²) < 4.78 is 30.3. The number of carboxylic acid groups (broad SMARTS) is 1. The lowest BCUT2D eigenvalue weighted by atomic mass is 9.94.